The summed E-state index contributed by atoms with van der Waals surface area (Å²) in [4.78, 5) is 27.9. The van der Waals surface area contributed by atoms with Crippen molar-refractivity contribution in [3.8, 4) is 0 Å². The van der Waals surface area contributed by atoms with Crippen LogP contribution in [0.2, 0.25) is 0 Å². The molecule has 0 aliphatic carbocycles. The topological polar surface area (TPSA) is 85.3 Å². The van der Waals surface area contributed by atoms with Gasteiger partial charge < -0.3 is 14.6 Å². The summed E-state index contributed by atoms with van der Waals surface area (Å²) in [6.07, 6.45) is 4.00. The zero-order valence-electron chi connectivity index (χ0n) is 14.5. The van der Waals surface area contributed by atoms with Gasteiger partial charge in [0.2, 0.25) is 5.91 Å². The number of nitrogens with zero attached hydrogens (tertiary/aromatic N) is 2. The number of carbonyl (C=O) groups is 2. The summed E-state index contributed by atoms with van der Waals surface area (Å²) in [5, 5.41) is 5.01. The number of anilines is 2. The van der Waals surface area contributed by atoms with E-state index in [-0.39, 0.29) is 11.6 Å². The van der Waals surface area contributed by atoms with Crippen LogP contribution in [0.1, 0.15) is 33.7 Å². The van der Waals surface area contributed by atoms with E-state index in [4.69, 9.17) is 4.74 Å². The molecule has 25 heavy (non-hydrogen) atoms. The molecule has 2 aromatic rings. The van der Waals surface area contributed by atoms with E-state index >= 15 is 0 Å². The number of hydrogen-bond donors (Lipinski definition) is 2. The number of halogens is 1. The van der Waals surface area contributed by atoms with E-state index in [1.54, 1.807) is 44.7 Å². The van der Waals surface area contributed by atoms with Crippen molar-refractivity contribution < 1.29 is 18.7 Å². The second-order valence-corrected chi connectivity index (χ2v) is 6.50. The Bertz CT molecular complexity index is 754. The fraction of sp³-hybridized carbons (Fsp3) is 0.353. The van der Waals surface area contributed by atoms with Gasteiger partial charge in [-0.15, -0.1) is 0 Å². The van der Waals surface area contributed by atoms with Crippen LogP contribution in [-0.2, 0) is 9.53 Å². The van der Waals surface area contributed by atoms with E-state index in [2.05, 4.69) is 15.6 Å². The van der Waals surface area contributed by atoms with Gasteiger partial charge in [0.05, 0.1) is 12.0 Å². The fourth-order valence-electron chi connectivity index (χ4n) is 1.99. The molecule has 1 unspecified atom stereocenters. The van der Waals surface area contributed by atoms with Crippen LogP contribution < -0.4 is 10.6 Å². The molecule has 2 N–H and O–H groups in total. The molecule has 8 heteroatoms. The van der Waals surface area contributed by atoms with Gasteiger partial charge in [-0.05, 0) is 45.9 Å². The SMILES string of the molecule is CC(C(=O)Nc1ccc(F)c(NC(=O)OC(C)(C)C)c1)n1ccnc1. The summed E-state index contributed by atoms with van der Waals surface area (Å²) in [7, 11) is 0. The monoisotopic (exact) mass is 348 g/mol. The smallest absolute Gasteiger partial charge is 0.412 e. The first-order valence-electron chi connectivity index (χ1n) is 7.73. The Morgan fingerprint density at radius 3 is 2.60 bits per heavy atom. The molecule has 1 heterocycles. The standard InChI is InChI=1S/C17H21FN4O3/c1-11(22-8-7-19-10-22)15(23)20-12-5-6-13(18)14(9-12)21-16(24)25-17(2,3)4/h5-11H,1-4H3,(H,20,23)(H,21,24). The van der Waals surface area contributed by atoms with Crippen LogP contribution in [0, 0.1) is 5.82 Å². The van der Waals surface area contributed by atoms with Gasteiger partial charge in [0.15, 0.2) is 0 Å². The molecule has 134 valence electrons. The number of rotatable bonds is 4. The maximum atomic E-state index is 13.9. The minimum atomic E-state index is -0.776. The van der Waals surface area contributed by atoms with E-state index < -0.39 is 23.6 Å². The highest BCUT2D eigenvalue weighted by molar-refractivity contribution is 5.94. The van der Waals surface area contributed by atoms with Crippen LogP contribution in [0.3, 0.4) is 0 Å². The van der Waals surface area contributed by atoms with Crippen molar-refractivity contribution in [2.75, 3.05) is 10.6 Å². The number of amides is 2. The van der Waals surface area contributed by atoms with Gasteiger partial charge in [-0.2, -0.15) is 0 Å². The van der Waals surface area contributed by atoms with Gasteiger partial charge >= 0.3 is 6.09 Å². The van der Waals surface area contributed by atoms with Gasteiger partial charge in [-0.3, -0.25) is 10.1 Å². The molecule has 1 aromatic heterocycles. The summed E-state index contributed by atoms with van der Waals surface area (Å²) in [5.41, 5.74) is -0.432. The molecule has 0 saturated heterocycles. The van der Waals surface area contributed by atoms with Gasteiger partial charge in [-0.1, -0.05) is 0 Å². The highest BCUT2D eigenvalue weighted by Crippen LogP contribution is 2.21. The number of benzene rings is 1. The molecule has 1 aromatic carbocycles. The molecule has 0 aliphatic rings. The summed E-state index contributed by atoms with van der Waals surface area (Å²) in [5.74, 6) is -0.931. The first kappa shape index (κ1) is 18.4. The van der Waals surface area contributed by atoms with E-state index in [0.29, 0.717) is 5.69 Å². The Morgan fingerprint density at radius 1 is 1.28 bits per heavy atom. The molecule has 0 bridgehead atoms. The van der Waals surface area contributed by atoms with Crippen molar-refractivity contribution >= 4 is 23.4 Å². The molecule has 2 rings (SSSR count). The summed E-state index contributed by atoms with van der Waals surface area (Å²) >= 11 is 0. The minimum Gasteiger partial charge on any atom is -0.444 e. The first-order chi connectivity index (χ1) is 11.7. The lowest BCUT2D eigenvalue weighted by Gasteiger charge is -2.20. The van der Waals surface area contributed by atoms with Crippen LogP contribution >= 0.6 is 0 Å². The average molecular weight is 348 g/mol. The van der Waals surface area contributed by atoms with E-state index in [1.807, 2.05) is 0 Å². The lowest BCUT2D eigenvalue weighted by atomic mass is 10.2. The molecular weight excluding hydrogens is 327 g/mol. The molecule has 7 nitrogen and oxygen atoms in total. The van der Waals surface area contributed by atoms with Crippen molar-refractivity contribution in [1.29, 1.82) is 0 Å². The third kappa shape index (κ3) is 5.30. The Balaban J connectivity index is 2.08. The van der Waals surface area contributed by atoms with Crippen LogP contribution in [0.15, 0.2) is 36.9 Å². The van der Waals surface area contributed by atoms with Crippen LogP contribution in [0.4, 0.5) is 20.6 Å². The van der Waals surface area contributed by atoms with Gasteiger partial charge in [0, 0.05) is 18.1 Å². The van der Waals surface area contributed by atoms with Crippen LogP contribution in [0.5, 0.6) is 0 Å². The van der Waals surface area contributed by atoms with Gasteiger partial charge in [0.25, 0.3) is 0 Å². The fourth-order valence-corrected chi connectivity index (χ4v) is 1.99. The lowest BCUT2D eigenvalue weighted by molar-refractivity contribution is -0.118. The second-order valence-electron chi connectivity index (χ2n) is 6.50. The summed E-state index contributed by atoms with van der Waals surface area (Å²) in [6.45, 7) is 6.83. The van der Waals surface area contributed by atoms with E-state index in [1.165, 1.54) is 18.5 Å². The summed E-state index contributed by atoms with van der Waals surface area (Å²) < 4.78 is 20.6. The van der Waals surface area contributed by atoms with Crippen LogP contribution in [0.25, 0.3) is 0 Å². The number of ether oxygens (including phenoxy) is 1. The predicted octanol–water partition coefficient (Wildman–Crippen LogP) is 3.57. The van der Waals surface area contributed by atoms with Crippen molar-refractivity contribution in [1.82, 2.24) is 9.55 Å². The van der Waals surface area contributed by atoms with E-state index in [9.17, 15) is 14.0 Å². The molecule has 0 radical (unpaired) electrons. The predicted molar refractivity (Wildman–Crippen MR) is 91.8 cm³/mol. The maximum Gasteiger partial charge on any atom is 0.412 e. The third-order valence-electron chi connectivity index (χ3n) is 3.22. The Hall–Kier alpha value is -2.90. The quantitative estimate of drug-likeness (QED) is 0.884. The van der Waals surface area contributed by atoms with Crippen molar-refractivity contribution in [2.24, 2.45) is 0 Å². The van der Waals surface area contributed by atoms with Crippen molar-refractivity contribution in [3.05, 3.63) is 42.7 Å². The molecule has 0 aliphatic heterocycles. The first-order valence-corrected chi connectivity index (χ1v) is 7.73. The number of hydrogen-bond acceptors (Lipinski definition) is 4. The third-order valence-corrected chi connectivity index (χ3v) is 3.22. The Labute approximate surface area is 145 Å². The van der Waals surface area contributed by atoms with Crippen LogP contribution in [-0.4, -0.2) is 27.2 Å². The minimum absolute atomic E-state index is 0.0812. The molecule has 0 saturated carbocycles. The normalized spacial score (nSPS) is 12.4. The molecule has 1 atom stereocenters. The zero-order chi connectivity index (χ0) is 18.6. The Morgan fingerprint density at radius 2 is 2.00 bits per heavy atom. The Kier molecular flexibility index (Phi) is 5.41. The maximum absolute atomic E-state index is 13.9. The highest BCUT2D eigenvalue weighted by atomic mass is 19.1. The van der Waals surface area contributed by atoms with E-state index in [0.717, 1.165) is 6.07 Å². The molecule has 0 spiro atoms. The molecule has 0 fully saturated rings. The second kappa shape index (κ2) is 7.33. The largest absolute Gasteiger partial charge is 0.444 e. The molecular formula is C17H21FN4O3. The van der Waals surface area contributed by atoms with Gasteiger partial charge in [0.1, 0.15) is 17.5 Å². The van der Waals surface area contributed by atoms with Crippen molar-refractivity contribution in [3.63, 3.8) is 0 Å². The average Bonchev–Trinajstić information content (AvgIpc) is 3.02. The summed E-state index contributed by atoms with van der Waals surface area (Å²) in [6, 6.07) is 3.41. The highest BCUT2D eigenvalue weighted by Gasteiger charge is 2.18. The number of carbonyl (C=O) groups excluding carboxylic acids is 2. The van der Waals surface area contributed by atoms with Crippen molar-refractivity contribution in [2.45, 2.75) is 39.3 Å². The number of nitrogens with one attached hydrogen (secondary N) is 2. The van der Waals surface area contributed by atoms with Gasteiger partial charge in [-0.25, -0.2) is 14.2 Å². The number of imidazole rings is 1. The number of aromatic nitrogens is 2. The zero-order valence-corrected chi connectivity index (χ0v) is 14.5. The lowest BCUT2D eigenvalue weighted by Crippen LogP contribution is -2.27. The molecule has 2 amide bonds.